The van der Waals surface area contributed by atoms with Gasteiger partial charge in [0.05, 0.1) is 5.69 Å². The van der Waals surface area contributed by atoms with Crippen LogP contribution in [0.5, 0.6) is 11.5 Å². The van der Waals surface area contributed by atoms with E-state index in [0.717, 1.165) is 48.1 Å². The molecule has 2 aliphatic rings. The summed E-state index contributed by atoms with van der Waals surface area (Å²) in [5, 5.41) is 21.8. The van der Waals surface area contributed by atoms with E-state index in [1.807, 2.05) is 25.7 Å². The van der Waals surface area contributed by atoms with Crippen molar-refractivity contribution in [3.05, 3.63) is 41.0 Å². The number of phenols is 2. The molecule has 3 atom stereocenters. The number of phenolic OH excluding ortho intramolecular Hbond substituents is 2. The van der Waals surface area contributed by atoms with Crippen molar-refractivity contribution in [1.29, 1.82) is 0 Å². The van der Waals surface area contributed by atoms with E-state index < -0.39 is 0 Å². The Bertz CT molecular complexity index is 852. The fourth-order valence-electron chi connectivity index (χ4n) is 5.08. The number of carbonyl (C=O) groups is 1. The molecule has 1 amide bonds. The maximum absolute atomic E-state index is 13.1. The Morgan fingerprint density at radius 2 is 1.90 bits per heavy atom. The average molecular weight is 398 g/mol. The van der Waals surface area contributed by atoms with E-state index in [9.17, 15) is 15.0 Å². The molecule has 0 bridgehead atoms. The minimum atomic E-state index is -0.154. The van der Waals surface area contributed by atoms with Crippen LogP contribution in [0.4, 0.5) is 5.69 Å². The van der Waals surface area contributed by atoms with E-state index in [1.165, 1.54) is 11.6 Å². The van der Waals surface area contributed by atoms with Crippen LogP contribution in [0.15, 0.2) is 29.9 Å². The van der Waals surface area contributed by atoms with Gasteiger partial charge in [-0.25, -0.2) is 0 Å². The van der Waals surface area contributed by atoms with Crippen LogP contribution < -0.4 is 4.90 Å². The van der Waals surface area contributed by atoms with Gasteiger partial charge in [0.2, 0.25) is 5.91 Å². The van der Waals surface area contributed by atoms with Crippen molar-refractivity contribution in [2.45, 2.75) is 72.1 Å². The quantitative estimate of drug-likeness (QED) is 0.613. The summed E-state index contributed by atoms with van der Waals surface area (Å²) in [4.78, 5) is 14.9. The van der Waals surface area contributed by atoms with Crippen molar-refractivity contribution >= 4 is 11.6 Å². The van der Waals surface area contributed by atoms with Crippen molar-refractivity contribution in [3.63, 3.8) is 0 Å². The fourth-order valence-corrected chi connectivity index (χ4v) is 5.08. The number of hydrogen-bond donors (Lipinski definition) is 2. The summed E-state index contributed by atoms with van der Waals surface area (Å²) in [5.74, 6) is 0.385. The van der Waals surface area contributed by atoms with Gasteiger partial charge in [-0.2, -0.15) is 0 Å². The number of nitrogens with zero attached hydrogens (tertiary/aromatic N) is 1. The van der Waals surface area contributed by atoms with Crippen molar-refractivity contribution in [3.8, 4) is 11.5 Å². The summed E-state index contributed by atoms with van der Waals surface area (Å²) < 4.78 is 0. The predicted molar refractivity (Wildman–Crippen MR) is 119 cm³/mol. The van der Waals surface area contributed by atoms with Crippen LogP contribution in [0.1, 0.15) is 83.3 Å². The Labute approximate surface area is 174 Å². The monoisotopic (exact) mass is 397 g/mol. The van der Waals surface area contributed by atoms with Gasteiger partial charge in [0.1, 0.15) is 11.5 Å². The van der Waals surface area contributed by atoms with Gasteiger partial charge in [0.15, 0.2) is 0 Å². The summed E-state index contributed by atoms with van der Waals surface area (Å²) in [6.07, 6.45) is 5.93. The molecule has 0 spiro atoms. The molecule has 3 rings (SSSR count). The number of amides is 1. The Hall–Kier alpha value is -2.23. The first kappa shape index (κ1) is 21.5. The highest BCUT2D eigenvalue weighted by atomic mass is 16.3. The first-order valence-electron chi connectivity index (χ1n) is 10.9. The summed E-state index contributed by atoms with van der Waals surface area (Å²) in [6, 6.07) is 1.48. The molecule has 1 aromatic carbocycles. The SMILES string of the molecule is C=C(C)[C@@H]1CCC(C)=C[C@H]1c1c(O)cc(O)c2c1N(C(=O)C(C)C)CC[C@H]2CC. The number of allylic oxidation sites excluding steroid dienone is 3. The van der Waals surface area contributed by atoms with Crippen LogP contribution >= 0.6 is 0 Å². The predicted octanol–water partition coefficient (Wildman–Crippen LogP) is 6.00. The largest absolute Gasteiger partial charge is 0.507 e. The Balaban J connectivity index is 2.31. The minimum absolute atomic E-state index is 0.0374. The molecule has 4 nitrogen and oxygen atoms in total. The topological polar surface area (TPSA) is 60.8 Å². The molecule has 1 heterocycles. The van der Waals surface area contributed by atoms with Gasteiger partial charge in [0, 0.05) is 35.6 Å². The van der Waals surface area contributed by atoms with Gasteiger partial charge >= 0.3 is 0 Å². The normalized spacial score (nSPS) is 24.3. The fraction of sp³-hybridized carbons (Fsp3) is 0.560. The van der Waals surface area contributed by atoms with E-state index in [-0.39, 0.29) is 41.1 Å². The molecule has 1 aliphatic carbocycles. The zero-order chi connectivity index (χ0) is 21.5. The molecule has 0 saturated heterocycles. The summed E-state index contributed by atoms with van der Waals surface area (Å²) in [5.41, 5.74) is 4.71. The highest BCUT2D eigenvalue weighted by Crippen LogP contribution is 2.53. The Kier molecular flexibility index (Phi) is 6.11. The van der Waals surface area contributed by atoms with Gasteiger partial charge in [-0.3, -0.25) is 4.79 Å². The van der Waals surface area contributed by atoms with E-state index in [4.69, 9.17) is 0 Å². The zero-order valence-electron chi connectivity index (χ0n) is 18.5. The molecular weight excluding hydrogens is 362 g/mol. The van der Waals surface area contributed by atoms with Crippen molar-refractivity contribution in [2.24, 2.45) is 11.8 Å². The first-order chi connectivity index (χ1) is 13.7. The molecule has 0 saturated carbocycles. The molecule has 158 valence electrons. The van der Waals surface area contributed by atoms with Crippen LogP contribution in [0.2, 0.25) is 0 Å². The third-order valence-corrected chi connectivity index (χ3v) is 6.68. The van der Waals surface area contributed by atoms with Gasteiger partial charge in [0.25, 0.3) is 0 Å². The third kappa shape index (κ3) is 3.82. The minimum Gasteiger partial charge on any atom is -0.507 e. The average Bonchev–Trinajstić information content (AvgIpc) is 2.66. The molecule has 1 aromatic rings. The standard InChI is InChI=1S/C25H35NO3/c1-7-17-10-11-26(25(29)15(4)5)24-22(17)20(27)13-21(28)23(24)19-12-16(6)8-9-18(19)14(2)3/h12-13,15,17-19,27-28H,2,7-11H2,1,3-6H3/t17-,18+,19-/m1/s1. The molecule has 0 aromatic heterocycles. The maximum atomic E-state index is 13.1. The Morgan fingerprint density at radius 3 is 2.48 bits per heavy atom. The number of rotatable bonds is 4. The second-order valence-corrected chi connectivity index (χ2v) is 9.16. The lowest BCUT2D eigenvalue weighted by molar-refractivity contribution is -0.121. The summed E-state index contributed by atoms with van der Waals surface area (Å²) >= 11 is 0. The van der Waals surface area contributed by atoms with E-state index in [1.54, 1.807) is 0 Å². The molecule has 0 radical (unpaired) electrons. The second-order valence-electron chi connectivity index (χ2n) is 9.16. The van der Waals surface area contributed by atoms with Crippen molar-refractivity contribution < 1.29 is 15.0 Å². The lowest BCUT2D eigenvalue weighted by Gasteiger charge is -2.40. The third-order valence-electron chi connectivity index (χ3n) is 6.68. The zero-order valence-corrected chi connectivity index (χ0v) is 18.5. The number of hydrogen-bond acceptors (Lipinski definition) is 3. The lowest BCUT2D eigenvalue weighted by Crippen LogP contribution is -2.40. The smallest absolute Gasteiger partial charge is 0.229 e. The molecule has 2 N–H and O–H groups in total. The number of aromatic hydroxyl groups is 2. The molecule has 1 aliphatic heterocycles. The summed E-state index contributed by atoms with van der Waals surface area (Å²) in [7, 11) is 0. The van der Waals surface area contributed by atoms with Crippen molar-refractivity contribution in [1.82, 2.24) is 0 Å². The summed E-state index contributed by atoms with van der Waals surface area (Å²) in [6.45, 7) is 14.9. The van der Waals surface area contributed by atoms with Crippen LogP contribution in [0.3, 0.4) is 0 Å². The highest BCUT2D eigenvalue weighted by Gasteiger charge is 2.38. The first-order valence-corrected chi connectivity index (χ1v) is 10.9. The highest BCUT2D eigenvalue weighted by molar-refractivity contribution is 5.98. The number of carbonyl (C=O) groups excluding carboxylic acids is 1. The molecule has 0 unspecified atom stereocenters. The molecule has 4 heteroatoms. The lowest BCUT2D eigenvalue weighted by atomic mass is 9.72. The van der Waals surface area contributed by atoms with Gasteiger partial charge in [-0.1, -0.05) is 44.6 Å². The molecular formula is C25H35NO3. The van der Waals surface area contributed by atoms with Crippen molar-refractivity contribution in [2.75, 3.05) is 11.4 Å². The second kappa shape index (κ2) is 8.25. The Morgan fingerprint density at radius 1 is 1.24 bits per heavy atom. The van der Waals surface area contributed by atoms with E-state index in [0.29, 0.717) is 6.54 Å². The number of anilines is 1. The van der Waals surface area contributed by atoms with E-state index >= 15 is 0 Å². The number of benzene rings is 1. The van der Waals surface area contributed by atoms with Gasteiger partial charge < -0.3 is 15.1 Å². The maximum Gasteiger partial charge on any atom is 0.229 e. The molecule has 0 fully saturated rings. The van der Waals surface area contributed by atoms with Crippen LogP contribution in [-0.4, -0.2) is 22.7 Å². The van der Waals surface area contributed by atoms with Gasteiger partial charge in [-0.05, 0) is 51.4 Å². The number of fused-ring (bicyclic) bond motifs is 1. The molecule has 29 heavy (non-hydrogen) atoms. The van der Waals surface area contributed by atoms with Crippen LogP contribution in [0, 0.1) is 11.8 Å². The van der Waals surface area contributed by atoms with E-state index in [2.05, 4.69) is 26.5 Å². The van der Waals surface area contributed by atoms with Gasteiger partial charge in [-0.15, -0.1) is 0 Å². The van der Waals surface area contributed by atoms with Crippen LogP contribution in [0.25, 0.3) is 0 Å². The van der Waals surface area contributed by atoms with Crippen LogP contribution in [-0.2, 0) is 4.79 Å².